The van der Waals surface area contributed by atoms with Crippen molar-refractivity contribution < 1.29 is 52.1 Å². The summed E-state index contributed by atoms with van der Waals surface area (Å²) in [5.74, 6) is -3.95. The maximum Gasteiger partial charge on any atom is 0.416 e. The lowest BCUT2D eigenvalue weighted by atomic mass is 10.0. The van der Waals surface area contributed by atoms with Gasteiger partial charge in [0.25, 0.3) is 5.56 Å². The number of halogens is 3. The molecule has 0 aliphatic carbocycles. The maximum atomic E-state index is 14.1. The number of fused-ring (bicyclic) bond motifs is 1. The fourth-order valence-corrected chi connectivity index (χ4v) is 6.67. The highest BCUT2D eigenvalue weighted by Crippen LogP contribution is 2.30. The van der Waals surface area contributed by atoms with Gasteiger partial charge in [0, 0.05) is 62.2 Å². The number of para-hydroxylation sites is 1. The molecule has 5 rings (SSSR count). The number of benzene rings is 2. The average Bonchev–Trinajstić information content (AvgIpc) is 3.79. The summed E-state index contributed by atoms with van der Waals surface area (Å²) in [5.41, 5.74) is 4.49. The molecule has 60 heavy (non-hydrogen) atoms. The summed E-state index contributed by atoms with van der Waals surface area (Å²) in [4.78, 5) is 96.2. The third kappa shape index (κ3) is 10.9. The number of nitrogens with zero attached hydrogens (tertiary/aromatic N) is 2. The predicted molar refractivity (Wildman–Crippen MR) is 206 cm³/mol. The first-order valence-electron chi connectivity index (χ1n) is 18.6. The predicted octanol–water partition coefficient (Wildman–Crippen LogP) is -0.302. The molecular weight excluding hydrogens is 799 g/mol. The molecular formula is C38H44F3N9O10. The normalized spacial score (nSPS) is 18.5. The number of amides is 5. The molecule has 1 fully saturated rings. The van der Waals surface area contributed by atoms with E-state index in [1.807, 2.05) is 0 Å². The molecule has 0 radical (unpaired) electrons. The van der Waals surface area contributed by atoms with Crippen LogP contribution in [0.4, 0.5) is 18.0 Å². The fraction of sp³-hybridized carbons (Fsp3) is 0.395. The molecule has 2 aromatic heterocycles. The van der Waals surface area contributed by atoms with E-state index in [4.69, 9.17) is 10.5 Å². The van der Waals surface area contributed by atoms with E-state index >= 15 is 0 Å². The van der Waals surface area contributed by atoms with E-state index in [2.05, 4.69) is 31.2 Å². The molecule has 3 heterocycles. The highest BCUT2D eigenvalue weighted by molar-refractivity contribution is 5.93. The Morgan fingerprint density at radius 3 is 2.32 bits per heavy atom. The number of aliphatic hydroxyl groups excluding tert-OH is 1. The molecule has 22 heteroatoms. The van der Waals surface area contributed by atoms with E-state index in [1.54, 1.807) is 30.5 Å². The number of hydrogen-bond acceptors (Lipinski definition) is 10. The number of ether oxygens (including phenoxy) is 1. The molecule has 4 aromatic rings. The minimum absolute atomic E-state index is 0.0689. The van der Waals surface area contributed by atoms with Crippen molar-refractivity contribution in [3.63, 3.8) is 0 Å². The first-order valence-corrected chi connectivity index (χ1v) is 18.6. The van der Waals surface area contributed by atoms with Gasteiger partial charge in [-0.1, -0.05) is 30.3 Å². The van der Waals surface area contributed by atoms with Crippen LogP contribution in [0, 0.1) is 0 Å². The molecule has 2 aromatic carbocycles. The van der Waals surface area contributed by atoms with Gasteiger partial charge < -0.3 is 51.8 Å². The largest absolute Gasteiger partial charge is 0.480 e. The van der Waals surface area contributed by atoms with Gasteiger partial charge in [-0.15, -0.1) is 0 Å². The molecule has 322 valence electrons. The summed E-state index contributed by atoms with van der Waals surface area (Å²) in [6.07, 6.45) is -5.95. The van der Waals surface area contributed by atoms with Crippen LogP contribution < -0.4 is 38.2 Å². The number of carbonyl (C=O) groups is 5. The topological polar surface area (TPSA) is 283 Å². The highest BCUT2D eigenvalue weighted by atomic mass is 19.4. The number of carboxylic acids is 1. The van der Waals surface area contributed by atoms with Gasteiger partial charge in [-0.25, -0.2) is 14.4 Å². The van der Waals surface area contributed by atoms with Crippen molar-refractivity contribution in [2.24, 2.45) is 5.73 Å². The fourth-order valence-electron chi connectivity index (χ4n) is 6.67. The number of aliphatic carboxylic acids is 1. The van der Waals surface area contributed by atoms with Crippen LogP contribution in [0.25, 0.3) is 10.9 Å². The molecule has 5 amide bonds. The Bertz CT molecular complexity index is 2310. The monoisotopic (exact) mass is 843 g/mol. The van der Waals surface area contributed by atoms with E-state index in [9.17, 15) is 56.9 Å². The molecule has 1 unspecified atom stereocenters. The Kier molecular flexibility index (Phi) is 14.1. The average molecular weight is 844 g/mol. The van der Waals surface area contributed by atoms with Crippen molar-refractivity contribution in [1.29, 1.82) is 0 Å². The molecule has 1 saturated heterocycles. The van der Waals surface area contributed by atoms with Crippen LogP contribution in [0.3, 0.4) is 0 Å². The molecule has 1 aliphatic heterocycles. The van der Waals surface area contributed by atoms with Gasteiger partial charge in [0.1, 0.15) is 24.2 Å². The van der Waals surface area contributed by atoms with Crippen LogP contribution in [0.1, 0.15) is 36.3 Å². The molecule has 19 nitrogen and oxygen atoms in total. The van der Waals surface area contributed by atoms with Gasteiger partial charge in [0.15, 0.2) is 6.23 Å². The summed E-state index contributed by atoms with van der Waals surface area (Å²) in [6, 6.07) is 4.89. The van der Waals surface area contributed by atoms with Crippen molar-refractivity contribution >= 4 is 40.6 Å². The zero-order chi connectivity index (χ0) is 43.9. The van der Waals surface area contributed by atoms with Crippen LogP contribution in [0.5, 0.6) is 0 Å². The third-order valence-electron chi connectivity index (χ3n) is 10.1. The van der Waals surface area contributed by atoms with Gasteiger partial charge in [0.2, 0.25) is 17.7 Å². The van der Waals surface area contributed by atoms with Gasteiger partial charge >= 0.3 is 23.9 Å². The molecule has 7 atom stereocenters. The highest BCUT2D eigenvalue weighted by Gasteiger charge is 2.38. The van der Waals surface area contributed by atoms with E-state index in [0.29, 0.717) is 10.9 Å². The van der Waals surface area contributed by atoms with Gasteiger partial charge in [0.05, 0.1) is 24.3 Å². The Hall–Kier alpha value is -6.52. The third-order valence-corrected chi connectivity index (χ3v) is 10.1. The quantitative estimate of drug-likeness (QED) is 0.0706. The number of likely N-dealkylation sites (N-methyl/N-ethyl adjacent to an activating group) is 1. The Morgan fingerprint density at radius 2 is 1.67 bits per heavy atom. The van der Waals surface area contributed by atoms with Crippen molar-refractivity contribution in [3.8, 4) is 0 Å². The Labute approximate surface area is 338 Å². The van der Waals surface area contributed by atoms with Gasteiger partial charge in [-0.3, -0.25) is 28.7 Å². The molecule has 1 aliphatic rings. The van der Waals surface area contributed by atoms with Crippen LogP contribution in [-0.4, -0.2) is 116 Å². The summed E-state index contributed by atoms with van der Waals surface area (Å²) >= 11 is 0. The SMILES string of the molecule is C[C@@H]([C@H](NC(=O)C(Cc1ccc(C(F)(F)F)cc1)NC(=O)N[C@@H](Cc1c[nH]c2ccccc12)C(=O)O)C(=O)NC[C@H]1C[C@@H](O)[C@H](n2ccc(=O)[nH]c2=O)O1)N(C)C(=O)CN. The van der Waals surface area contributed by atoms with E-state index in [0.717, 1.165) is 51.5 Å². The minimum atomic E-state index is -4.67. The molecule has 0 spiro atoms. The summed E-state index contributed by atoms with van der Waals surface area (Å²) < 4.78 is 46.8. The molecule has 0 saturated carbocycles. The van der Waals surface area contributed by atoms with Crippen LogP contribution in [0.15, 0.2) is 76.6 Å². The number of urea groups is 1. The number of aromatic amines is 2. The number of rotatable bonds is 16. The smallest absolute Gasteiger partial charge is 0.416 e. The number of carboxylic acid groups (broad SMARTS) is 1. The number of nitrogens with one attached hydrogen (secondary N) is 6. The Balaban J connectivity index is 1.36. The second-order valence-corrected chi connectivity index (χ2v) is 14.2. The van der Waals surface area contributed by atoms with Gasteiger partial charge in [-0.2, -0.15) is 13.2 Å². The summed E-state index contributed by atoms with van der Waals surface area (Å²) in [5, 5.41) is 31.1. The maximum absolute atomic E-state index is 14.1. The first-order chi connectivity index (χ1) is 28.4. The lowest BCUT2D eigenvalue weighted by molar-refractivity contribution is -0.139. The van der Waals surface area contributed by atoms with Crippen LogP contribution >= 0.6 is 0 Å². The number of alkyl halides is 3. The number of aliphatic hydroxyl groups is 1. The van der Waals surface area contributed by atoms with Crippen molar-refractivity contribution in [1.82, 2.24) is 40.7 Å². The van der Waals surface area contributed by atoms with E-state index < -0.39 is 108 Å². The lowest BCUT2D eigenvalue weighted by Crippen LogP contribution is -2.62. The van der Waals surface area contributed by atoms with Crippen LogP contribution in [0.2, 0.25) is 0 Å². The summed E-state index contributed by atoms with van der Waals surface area (Å²) in [7, 11) is 1.32. The van der Waals surface area contributed by atoms with Gasteiger partial charge in [-0.05, 0) is 36.2 Å². The number of carbonyl (C=O) groups excluding carboxylic acids is 4. The number of H-pyrrole nitrogens is 2. The number of nitrogens with two attached hydrogens (primary N) is 1. The van der Waals surface area contributed by atoms with E-state index in [-0.39, 0.29) is 24.9 Å². The first kappa shape index (κ1) is 44.6. The zero-order valence-electron chi connectivity index (χ0n) is 32.2. The standard InChI is InChI=1S/C38H44F3N9O10/c1-19(49(2)30(53)16-42)31(33(55)44-18-23-15-28(51)34(60-23)50-12-11-29(52)47-37(50)59)48-32(54)26(13-20-7-9-22(10-8-20)38(39,40)41)45-36(58)46-27(35(56)57)14-21-17-43-25-6-4-3-5-24(21)25/h3-12,17,19,23,26-28,31,34,43,51H,13-16,18,42H2,1-2H3,(H,44,55)(H,48,54)(H,56,57)(H2,45,46,58)(H,47,52,59)/t19-,23+,26?,27-,28+,31-,34+/m0/s1. The second kappa shape index (κ2) is 19.0. The van der Waals surface area contributed by atoms with Crippen molar-refractivity contribution in [3.05, 3.63) is 105 Å². The van der Waals surface area contributed by atoms with Crippen LogP contribution in [-0.2, 0) is 42.9 Å². The molecule has 0 bridgehead atoms. The second-order valence-electron chi connectivity index (χ2n) is 14.2. The number of hydrogen-bond donors (Lipinski definition) is 9. The lowest BCUT2D eigenvalue weighted by Gasteiger charge is -2.33. The molecule has 10 N–H and O–H groups in total. The van der Waals surface area contributed by atoms with E-state index in [1.165, 1.54) is 14.0 Å². The minimum Gasteiger partial charge on any atom is -0.480 e. The number of aromatic nitrogens is 3. The van der Waals surface area contributed by atoms with Crippen molar-refractivity contribution in [2.75, 3.05) is 20.1 Å². The Morgan fingerprint density at radius 1 is 0.983 bits per heavy atom. The van der Waals surface area contributed by atoms with Crippen molar-refractivity contribution in [2.45, 2.75) is 75.0 Å². The summed E-state index contributed by atoms with van der Waals surface area (Å²) in [6.45, 7) is 0.671. The zero-order valence-corrected chi connectivity index (χ0v) is 32.2.